The van der Waals surface area contributed by atoms with Crippen molar-refractivity contribution in [2.45, 2.75) is 0 Å². The van der Waals surface area contributed by atoms with Crippen molar-refractivity contribution in [3.8, 4) is 11.5 Å². The van der Waals surface area contributed by atoms with Gasteiger partial charge in [-0.3, -0.25) is 5.84 Å². The number of rotatable bonds is 5. The summed E-state index contributed by atoms with van der Waals surface area (Å²) in [7, 11) is 1.52. The number of hydrogen-bond acceptors (Lipinski definition) is 5. The van der Waals surface area contributed by atoms with E-state index in [1.807, 2.05) is 12.2 Å². The van der Waals surface area contributed by atoms with Gasteiger partial charge in [0, 0.05) is 6.54 Å². The van der Waals surface area contributed by atoms with E-state index < -0.39 is 0 Å². The summed E-state index contributed by atoms with van der Waals surface area (Å²) in [4.78, 5) is 0. The van der Waals surface area contributed by atoms with Crippen molar-refractivity contribution in [2.24, 2.45) is 5.84 Å². The third-order valence-corrected chi connectivity index (χ3v) is 1.84. The molecule has 0 heterocycles. The quantitative estimate of drug-likeness (QED) is 0.320. The fourth-order valence-corrected chi connectivity index (χ4v) is 1.11. The van der Waals surface area contributed by atoms with Gasteiger partial charge in [0.1, 0.15) is 0 Å². The standard InChI is InChI=1S/C10H15N3O2/c1-15-10-7-8(4-5-9(10)14)3-2-6-12-13-11/h2-5,7,12-14H,6,11H2,1H3/b3-2+. The van der Waals surface area contributed by atoms with Crippen LogP contribution in [0.4, 0.5) is 0 Å². The highest BCUT2D eigenvalue weighted by Gasteiger charge is 1.99. The van der Waals surface area contributed by atoms with Crippen LogP contribution in [0, 0.1) is 0 Å². The molecule has 0 aromatic heterocycles. The lowest BCUT2D eigenvalue weighted by Crippen LogP contribution is -2.37. The van der Waals surface area contributed by atoms with E-state index in [-0.39, 0.29) is 5.75 Å². The molecule has 0 saturated carbocycles. The SMILES string of the molecule is COc1cc(/C=C/CNNN)ccc1O. The summed E-state index contributed by atoms with van der Waals surface area (Å²) in [6, 6.07) is 5.14. The van der Waals surface area contributed by atoms with E-state index in [9.17, 15) is 5.11 Å². The summed E-state index contributed by atoms with van der Waals surface area (Å²) in [5.41, 5.74) is 5.99. The van der Waals surface area contributed by atoms with Gasteiger partial charge in [-0.15, -0.1) is 0 Å². The summed E-state index contributed by atoms with van der Waals surface area (Å²) in [6.45, 7) is 0.611. The minimum atomic E-state index is 0.136. The molecule has 0 atom stereocenters. The van der Waals surface area contributed by atoms with Crippen LogP contribution in [-0.2, 0) is 0 Å². The van der Waals surface area contributed by atoms with Crippen LogP contribution in [0.2, 0.25) is 0 Å². The van der Waals surface area contributed by atoms with Crippen molar-refractivity contribution < 1.29 is 9.84 Å². The maximum absolute atomic E-state index is 9.36. The molecular formula is C10H15N3O2. The van der Waals surface area contributed by atoms with Crippen molar-refractivity contribution in [3.63, 3.8) is 0 Å². The molecule has 82 valence electrons. The van der Waals surface area contributed by atoms with Gasteiger partial charge in [0.05, 0.1) is 7.11 Å². The van der Waals surface area contributed by atoms with Crippen LogP contribution in [0.1, 0.15) is 5.56 Å². The number of methoxy groups -OCH3 is 1. The lowest BCUT2D eigenvalue weighted by atomic mass is 10.2. The Morgan fingerprint density at radius 2 is 2.33 bits per heavy atom. The van der Waals surface area contributed by atoms with Crippen molar-refractivity contribution in [3.05, 3.63) is 29.8 Å². The van der Waals surface area contributed by atoms with Crippen molar-refractivity contribution in [2.75, 3.05) is 13.7 Å². The number of hydrogen-bond donors (Lipinski definition) is 4. The van der Waals surface area contributed by atoms with Crippen LogP contribution in [0.25, 0.3) is 6.08 Å². The van der Waals surface area contributed by atoms with Gasteiger partial charge in [0.2, 0.25) is 0 Å². The average Bonchev–Trinajstić information content (AvgIpc) is 2.26. The Bertz CT molecular complexity index is 339. The Hall–Kier alpha value is -1.56. The summed E-state index contributed by atoms with van der Waals surface area (Å²) < 4.78 is 4.98. The maximum Gasteiger partial charge on any atom is 0.161 e. The van der Waals surface area contributed by atoms with Crippen molar-refractivity contribution >= 4 is 6.08 Å². The normalized spacial score (nSPS) is 10.8. The van der Waals surface area contributed by atoms with E-state index in [2.05, 4.69) is 11.0 Å². The van der Waals surface area contributed by atoms with Gasteiger partial charge >= 0.3 is 0 Å². The van der Waals surface area contributed by atoms with E-state index in [0.717, 1.165) is 5.56 Å². The molecule has 0 amide bonds. The van der Waals surface area contributed by atoms with Gasteiger partial charge in [-0.05, 0) is 17.7 Å². The number of nitrogens with two attached hydrogens (primary N) is 1. The summed E-state index contributed by atoms with van der Waals surface area (Å²) in [5.74, 6) is 5.62. The molecule has 0 aliphatic heterocycles. The largest absolute Gasteiger partial charge is 0.504 e. The predicted molar refractivity (Wildman–Crippen MR) is 59.0 cm³/mol. The Morgan fingerprint density at radius 1 is 1.53 bits per heavy atom. The van der Waals surface area contributed by atoms with Crippen LogP contribution < -0.4 is 21.5 Å². The van der Waals surface area contributed by atoms with E-state index >= 15 is 0 Å². The van der Waals surface area contributed by atoms with Gasteiger partial charge in [-0.2, -0.15) is 5.53 Å². The average molecular weight is 209 g/mol. The highest BCUT2D eigenvalue weighted by Crippen LogP contribution is 2.26. The topological polar surface area (TPSA) is 79.5 Å². The number of benzene rings is 1. The lowest BCUT2D eigenvalue weighted by molar-refractivity contribution is 0.373. The van der Waals surface area contributed by atoms with Crippen LogP contribution in [0.5, 0.6) is 11.5 Å². The van der Waals surface area contributed by atoms with Crippen LogP contribution in [0.3, 0.4) is 0 Å². The summed E-state index contributed by atoms with van der Waals surface area (Å²) in [6.07, 6.45) is 3.79. The first-order valence-electron chi connectivity index (χ1n) is 4.50. The molecule has 5 nitrogen and oxygen atoms in total. The number of nitrogens with one attached hydrogen (secondary N) is 2. The zero-order chi connectivity index (χ0) is 11.1. The Kier molecular flexibility index (Phi) is 4.62. The highest BCUT2D eigenvalue weighted by atomic mass is 16.5. The van der Waals surface area contributed by atoms with E-state index in [0.29, 0.717) is 12.3 Å². The molecule has 15 heavy (non-hydrogen) atoms. The summed E-state index contributed by atoms with van der Waals surface area (Å²) >= 11 is 0. The number of phenolic OH excluding ortho intramolecular Hbond substituents is 1. The zero-order valence-electron chi connectivity index (χ0n) is 8.53. The Morgan fingerprint density at radius 3 is 3.00 bits per heavy atom. The van der Waals surface area contributed by atoms with Gasteiger partial charge in [0.25, 0.3) is 0 Å². The smallest absolute Gasteiger partial charge is 0.161 e. The Labute approximate surface area is 88.5 Å². The highest BCUT2D eigenvalue weighted by molar-refractivity contribution is 5.55. The molecule has 1 aromatic carbocycles. The molecule has 5 N–H and O–H groups in total. The molecule has 0 saturated heterocycles. The Balaban J connectivity index is 2.65. The molecule has 0 radical (unpaired) electrons. The maximum atomic E-state index is 9.36. The van der Waals surface area contributed by atoms with Crippen LogP contribution >= 0.6 is 0 Å². The molecular weight excluding hydrogens is 194 g/mol. The zero-order valence-corrected chi connectivity index (χ0v) is 8.53. The van der Waals surface area contributed by atoms with E-state index in [4.69, 9.17) is 10.6 Å². The first kappa shape index (κ1) is 11.5. The second-order valence-corrected chi connectivity index (χ2v) is 2.86. The molecule has 5 heteroatoms. The van der Waals surface area contributed by atoms with Crippen molar-refractivity contribution in [1.82, 2.24) is 11.0 Å². The second-order valence-electron chi connectivity index (χ2n) is 2.86. The third-order valence-electron chi connectivity index (χ3n) is 1.84. The van der Waals surface area contributed by atoms with Gasteiger partial charge < -0.3 is 9.84 Å². The third kappa shape index (κ3) is 3.59. The van der Waals surface area contributed by atoms with Crippen molar-refractivity contribution in [1.29, 1.82) is 0 Å². The van der Waals surface area contributed by atoms with E-state index in [1.54, 1.807) is 18.2 Å². The molecule has 1 aromatic rings. The number of aromatic hydroxyl groups is 1. The minimum absolute atomic E-state index is 0.136. The predicted octanol–water partition coefficient (Wildman–Crippen LogP) is 0.382. The number of hydrazine groups is 2. The second kappa shape index (κ2) is 6.02. The summed E-state index contributed by atoms with van der Waals surface area (Å²) in [5, 5.41) is 9.36. The molecule has 0 fully saturated rings. The molecule has 0 bridgehead atoms. The van der Waals surface area contributed by atoms with Gasteiger partial charge in [-0.1, -0.05) is 18.2 Å². The monoisotopic (exact) mass is 209 g/mol. The van der Waals surface area contributed by atoms with Gasteiger partial charge in [-0.25, -0.2) is 5.43 Å². The van der Waals surface area contributed by atoms with E-state index in [1.165, 1.54) is 7.11 Å². The molecule has 0 aliphatic rings. The van der Waals surface area contributed by atoms with Crippen LogP contribution in [-0.4, -0.2) is 18.8 Å². The number of ether oxygens (including phenoxy) is 1. The fourth-order valence-electron chi connectivity index (χ4n) is 1.11. The minimum Gasteiger partial charge on any atom is -0.504 e. The number of phenols is 1. The van der Waals surface area contributed by atoms with Crippen LogP contribution in [0.15, 0.2) is 24.3 Å². The molecule has 0 unspecified atom stereocenters. The first-order chi connectivity index (χ1) is 7.27. The molecule has 1 rings (SSSR count). The molecule has 0 aliphatic carbocycles. The van der Waals surface area contributed by atoms with Gasteiger partial charge in [0.15, 0.2) is 11.5 Å². The molecule has 0 spiro atoms. The lowest BCUT2D eigenvalue weighted by Gasteiger charge is -2.03. The fraction of sp³-hybridized carbons (Fsp3) is 0.200. The first-order valence-corrected chi connectivity index (χ1v) is 4.50.